The first kappa shape index (κ1) is 18.3. The molecule has 0 aromatic heterocycles. The number of urea groups is 1. The summed E-state index contributed by atoms with van der Waals surface area (Å²) in [6.07, 6.45) is 3.95. The summed E-state index contributed by atoms with van der Waals surface area (Å²) in [5, 5.41) is 5.12. The number of carbonyl (C=O) groups is 2. The van der Waals surface area contributed by atoms with Crippen molar-refractivity contribution in [3.8, 4) is 5.75 Å². The molecule has 1 saturated heterocycles. The van der Waals surface area contributed by atoms with E-state index in [0.717, 1.165) is 32.2 Å². The van der Waals surface area contributed by atoms with Gasteiger partial charge in [-0.3, -0.25) is 4.79 Å². The van der Waals surface area contributed by atoms with Crippen LogP contribution in [0.2, 0.25) is 0 Å². The number of hydrogen-bond donors (Lipinski definition) is 2. The molecule has 2 heterocycles. The van der Waals surface area contributed by atoms with Crippen LogP contribution in [-0.2, 0) is 0 Å². The van der Waals surface area contributed by atoms with E-state index in [9.17, 15) is 14.0 Å². The Bertz CT molecular complexity index is 902. The summed E-state index contributed by atoms with van der Waals surface area (Å²) in [4.78, 5) is 27.2. The largest absolute Gasteiger partial charge is 0.493 e. The summed E-state index contributed by atoms with van der Waals surface area (Å²) < 4.78 is 19.5. The summed E-state index contributed by atoms with van der Waals surface area (Å²) in [5.41, 5.74) is 0.968. The first-order chi connectivity index (χ1) is 13.6. The predicted octanol–water partition coefficient (Wildman–Crippen LogP) is 4.25. The van der Waals surface area contributed by atoms with Crippen LogP contribution in [0.4, 0.5) is 20.6 Å². The summed E-state index contributed by atoms with van der Waals surface area (Å²) in [5.74, 6) is -0.0674. The molecule has 7 heteroatoms. The molecule has 28 heavy (non-hydrogen) atoms. The van der Waals surface area contributed by atoms with Gasteiger partial charge in [-0.2, -0.15) is 0 Å². The second-order valence-electron chi connectivity index (χ2n) is 7.06. The number of halogens is 1. The number of carbonyl (C=O) groups excluding carboxylic acids is 2. The molecule has 0 unspecified atom stereocenters. The van der Waals surface area contributed by atoms with Crippen molar-refractivity contribution in [2.45, 2.75) is 31.7 Å². The van der Waals surface area contributed by atoms with Crippen molar-refractivity contribution < 1.29 is 18.7 Å². The smallest absolute Gasteiger partial charge is 0.323 e. The predicted molar refractivity (Wildman–Crippen MR) is 104 cm³/mol. The monoisotopic (exact) mass is 383 g/mol. The fourth-order valence-electron chi connectivity index (χ4n) is 3.78. The van der Waals surface area contributed by atoms with Crippen LogP contribution >= 0.6 is 0 Å². The Labute approximate surface area is 162 Å². The minimum absolute atomic E-state index is 0.0717. The molecular weight excluding hydrogens is 361 g/mol. The lowest BCUT2D eigenvalue weighted by Crippen LogP contribution is -2.45. The average molecular weight is 383 g/mol. The highest BCUT2D eigenvalue weighted by molar-refractivity contribution is 6.02. The maximum atomic E-state index is 13.7. The molecule has 6 nitrogen and oxygen atoms in total. The van der Waals surface area contributed by atoms with Crippen LogP contribution in [0.5, 0.6) is 5.75 Å². The number of anilines is 2. The summed E-state index contributed by atoms with van der Waals surface area (Å²) in [6.45, 7) is 1.30. The standard InChI is InChI=1S/C21H22FN3O3/c22-17-6-1-2-7-18(17)24-21(27)23-14-8-9-19-16(13-14)20(26)25-11-4-3-5-15(25)10-12-28-19/h1-2,6-9,13,15H,3-5,10-12H2,(H2,23,24,27)/t15-/m1/s1. The number of nitrogens with one attached hydrogen (secondary N) is 2. The maximum absolute atomic E-state index is 13.7. The van der Waals surface area contributed by atoms with E-state index in [4.69, 9.17) is 4.74 Å². The molecule has 2 aromatic carbocycles. The molecule has 4 rings (SSSR count). The molecule has 1 fully saturated rings. The lowest BCUT2D eigenvalue weighted by atomic mass is 9.97. The topological polar surface area (TPSA) is 70.7 Å². The zero-order valence-corrected chi connectivity index (χ0v) is 15.4. The molecule has 0 radical (unpaired) electrons. The van der Waals surface area contributed by atoms with Crippen LogP contribution in [0.25, 0.3) is 0 Å². The lowest BCUT2D eigenvalue weighted by Gasteiger charge is -2.37. The van der Waals surface area contributed by atoms with Gasteiger partial charge in [-0.15, -0.1) is 0 Å². The van der Waals surface area contributed by atoms with E-state index in [1.54, 1.807) is 30.3 Å². The Morgan fingerprint density at radius 3 is 2.82 bits per heavy atom. The highest BCUT2D eigenvalue weighted by Gasteiger charge is 2.31. The second-order valence-corrected chi connectivity index (χ2v) is 7.06. The molecule has 146 valence electrons. The Morgan fingerprint density at radius 2 is 1.96 bits per heavy atom. The van der Waals surface area contributed by atoms with Gasteiger partial charge >= 0.3 is 6.03 Å². The zero-order valence-electron chi connectivity index (χ0n) is 15.4. The van der Waals surface area contributed by atoms with Gasteiger partial charge < -0.3 is 20.3 Å². The number of para-hydroxylation sites is 1. The molecule has 2 N–H and O–H groups in total. The third-order valence-corrected chi connectivity index (χ3v) is 5.19. The Kier molecular flexibility index (Phi) is 5.14. The van der Waals surface area contributed by atoms with E-state index in [1.165, 1.54) is 12.1 Å². The van der Waals surface area contributed by atoms with Crippen LogP contribution in [0.3, 0.4) is 0 Å². The molecule has 0 saturated carbocycles. The first-order valence-corrected chi connectivity index (χ1v) is 9.52. The Balaban J connectivity index is 1.53. The van der Waals surface area contributed by atoms with Crippen molar-refractivity contribution >= 4 is 23.3 Å². The number of fused-ring (bicyclic) bond motifs is 2. The molecule has 2 aliphatic rings. The van der Waals surface area contributed by atoms with Gasteiger partial charge in [0.1, 0.15) is 11.6 Å². The molecule has 1 atom stereocenters. The molecule has 0 bridgehead atoms. The number of benzene rings is 2. The normalized spacial score (nSPS) is 18.8. The van der Waals surface area contributed by atoms with Crippen LogP contribution in [0.1, 0.15) is 36.0 Å². The van der Waals surface area contributed by atoms with E-state index >= 15 is 0 Å². The number of nitrogens with zero attached hydrogens (tertiary/aromatic N) is 1. The fraction of sp³-hybridized carbons (Fsp3) is 0.333. The van der Waals surface area contributed by atoms with Crippen LogP contribution in [0, 0.1) is 5.82 Å². The summed E-state index contributed by atoms with van der Waals surface area (Å²) in [6, 6.07) is 10.5. The molecule has 0 spiro atoms. The van der Waals surface area contributed by atoms with Gasteiger partial charge in [-0.05, 0) is 49.6 Å². The number of amides is 3. The van der Waals surface area contributed by atoms with Crippen LogP contribution < -0.4 is 15.4 Å². The van der Waals surface area contributed by atoms with E-state index in [-0.39, 0.29) is 17.6 Å². The fourth-order valence-corrected chi connectivity index (χ4v) is 3.78. The van der Waals surface area contributed by atoms with Gasteiger partial charge in [-0.25, -0.2) is 9.18 Å². The number of rotatable bonds is 2. The van der Waals surface area contributed by atoms with E-state index in [0.29, 0.717) is 23.6 Å². The number of hydrogen-bond acceptors (Lipinski definition) is 3. The van der Waals surface area contributed by atoms with E-state index < -0.39 is 11.8 Å². The zero-order chi connectivity index (χ0) is 19.5. The van der Waals surface area contributed by atoms with Gasteiger partial charge in [0.2, 0.25) is 0 Å². The van der Waals surface area contributed by atoms with E-state index in [1.807, 2.05) is 4.90 Å². The summed E-state index contributed by atoms with van der Waals surface area (Å²) in [7, 11) is 0. The quantitative estimate of drug-likeness (QED) is 0.815. The third kappa shape index (κ3) is 3.78. The Morgan fingerprint density at radius 1 is 1.11 bits per heavy atom. The lowest BCUT2D eigenvalue weighted by molar-refractivity contribution is 0.0548. The second kappa shape index (κ2) is 7.88. The van der Waals surface area contributed by atoms with Crippen molar-refractivity contribution in [1.82, 2.24) is 4.90 Å². The van der Waals surface area contributed by atoms with Gasteiger partial charge in [0.05, 0.1) is 17.9 Å². The highest BCUT2D eigenvalue weighted by atomic mass is 19.1. The van der Waals surface area contributed by atoms with Gasteiger partial charge in [-0.1, -0.05) is 12.1 Å². The molecule has 2 aromatic rings. The SMILES string of the molecule is O=C(Nc1ccc2c(c1)C(=O)N1CCCC[C@@H]1CCO2)Nc1ccccc1F. The number of piperidine rings is 1. The number of ether oxygens (including phenoxy) is 1. The van der Waals surface area contributed by atoms with Crippen molar-refractivity contribution in [2.24, 2.45) is 0 Å². The van der Waals surface area contributed by atoms with Crippen molar-refractivity contribution in [1.29, 1.82) is 0 Å². The molecule has 0 aliphatic carbocycles. The van der Waals surface area contributed by atoms with Gasteiger partial charge in [0, 0.05) is 24.7 Å². The first-order valence-electron chi connectivity index (χ1n) is 9.52. The maximum Gasteiger partial charge on any atom is 0.323 e. The van der Waals surface area contributed by atoms with Gasteiger partial charge in [0.25, 0.3) is 5.91 Å². The minimum atomic E-state index is -0.583. The minimum Gasteiger partial charge on any atom is -0.493 e. The highest BCUT2D eigenvalue weighted by Crippen LogP contribution is 2.31. The summed E-state index contributed by atoms with van der Waals surface area (Å²) >= 11 is 0. The van der Waals surface area contributed by atoms with Crippen molar-refractivity contribution in [2.75, 3.05) is 23.8 Å². The molecule has 3 amide bonds. The Hall–Kier alpha value is -3.09. The van der Waals surface area contributed by atoms with E-state index in [2.05, 4.69) is 10.6 Å². The van der Waals surface area contributed by atoms with Crippen LogP contribution in [-0.4, -0.2) is 36.0 Å². The third-order valence-electron chi connectivity index (χ3n) is 5.19. The molecule has 2 aliphatic heterocycles. The van der Waals surface area contributed by atoms with Crippen LogP contribution in [0.15, 0.2) is 42.5 Å². The average Bonchev–Trinajstić information content (AvgIpc) is 2.69. The van der Waals surface area contributed by atoms with Gasteiger partial charge in [0.15, 0.2) is 0 Å². The molecular formula is C21H22FN3O3. The van der Waals surface area contributed by atoms with Crippen molar-refractivity contribution in [3.63, 3.8) is 0 Å². The van der Waals surface area contributed by atoms with Crippen molar-refractivity contribution in [3.05, 3.63) is 53.8 Å².